The van der Waals surface area contributed by atoms with E-state index in [1.54, 1.807) is 21.1 Å². The third-order valence-corrected chi connectivity index (χ3v) is 10.1. The van der Waals surface area contributed by atoms with Crippen molar-refractivity contribution in [3.8, 4) is 11.5 Å². The molecule has 2 aliphatic heterocycles. The quantitative estimate of drug-likeness (QED) is 0.245. The average molecular weight is 649 g/mol. The zero-order valence-corrected chi connectivity index (χ0v) is 26.7. The number of aliphatic hydroxyl groups is 1. The van der Waals surface area contributed by atoms with Gasteiger partial charge in [0, 0.05) is 18.3 Å². The van der Waals surface area contributed by atoms with Crippen LogP contribution in [0.5, 0.6) is 11.5 Å². The minimum atomic E-state index is -3.85. The van der Waals surface area contributed by atoms with Crippen LogP contribution in [0.15, 0.2) is 89.9 Å². The summed E-state index contributed by atoms with van der Waals surface area (Å²) in [6, 6.07) is 23.3. The number of hydrogen-bond acceptors (Lipinski definition) is 10. The number of sulfonamides is 1. The summed E-state index contributed by atoms with van der Waals surface area (Å²) in [5.41, 5.74) is 5.07. The standard InChI is InChI=1S/C33H36N4O8S/c1-21-18-36(31(39)35-29(21)34)30-27-28(38)32(45-30,19-37(27)46(4,40)41)20-44-33(22-8-6-5-7-9-22,23-10-14-25(42-2)15-11-23)24-12-16-26(43-3)17-13-24/h5-18,27-28,30,38H,19-20H2,1-4H3,(H2,34,35,39)/t27-,28+,30-,32-/m1/s1. The number of aliphatic hydroxyl groups excluding tert-OH is 1. The summed E-state index contributed by atoms with van der Waals surface area (Å²) in [5.74, 6) is 1.35. The number of methoxy groups -OCH3 is 2. The van der Waals surface area contributed by atoms with E-state index >= 15 is 0 Å². The third kappa shape index (κ3) is 5.23. The molecule has 0 saturated carbocycles. The van der Waals surface area contributed by atoms with Gasteiger partial charge in [-0.15, -0.1) is 0 Å². The molecule has 0 aliphatic carbocycles. The maximum absolute atomic E-state index is 13.1. The Morgan fingerprint density at radius 1 is 0.978 bits per heavy atom. The Morgan fingerprint density at radius 2 is 1.52 bits per heavy atom. The van der Waals surface area contributed by atoms with Gasteiger partial charge in [-0.2, -0.15) is 9.29 Å². The number of aromatic nitrogens is 2. The Kier molecular flexibility index (Phi) is 8.15. The van der Waals surface area contributed by atoms with Crippen molar-refractivity contribution < 1.29 is 32.5 Å². The molecule has 6 rings (SSSR count). The first-order valence-electron chi connectivity index (χ1n) is 14.6. The summed E-state index contributed by atoms with van der Waals surface area (Å²) in [7, 11) is -0.683. The van der Waals surface area contributed by atoms with Crippen molar-refractivity contribution in [3.63, 3.8) is 0 Å². The molecule has 3 heterocycles. The molecule has 0 unspecified atom stereocenters. The van der Waals surface area contributed by atoms with E-state index in [9.17, 15) is 18.3 Å². The summed E-state index contributed by atoms with van der Waals surface area (Å²) in [6.07, 6.45) is -0.0166. The van der Waals surface area contributed by atoms with E-state index in [2.05, 4.69) is 4.98 Å². The predicted molar refractivity (Wildman–Crippen MR) is 170 cm³/mol. The van der Waals surface area contributed by atoms with E-state index in [1.807, 2.05) is 78.9 Å². The molecule has 2 bridgehead atoms. The van der Waals surface area contributed by atoms with E-state index in [4.69, 9.17) is 24.7 Å². The number of nitrogens with zero attached hydrogens (tertiary/aromatic N) is 3. The van der Waals surface area contributed by atoms with Crippen LogP contribution in [0.1, 0.15) is 28.5 Å². The molecule has 3 aromatic carbocycles. The Hall–Kier alpha value is -4.27. The zero-order valence-electron chi connectivity index (χ0n) is 25.9. The second-order valence-electron chi connectivity index (χ2n) is 11.6. The van der Waals surface area contributed by atoms with Crippen LogP contribution < -0.4 is 20.9 Å². The highest BCUT2D eigenvalue weighted by molar-refractivity contribution is 7.88. The van der Waals surface area contributed by atoms with Gasteiger partial charge in [0.1, 0.15) is 34.6 Å². The number of nitrogen functional groups attached to an aromatic ring is 1. The van der Waals surface area contributed by atoms with Crippen LogP contribution in [-0.2, 0) is 25.1 Å². The monoisotopic (exact) mass is 648 g/mol. The molecule has 4 aromatic rings. The molecule has 242 valence electrons. The Balaban J connectivity index is 1.49. The van der Waals surface area contributed by atoms with Gasteiger partial charge in [0.05, 0.1) is 33.1 Å². The predicted octanol–water partition coefficient (Wildman–Crippen LogP) is 2.43. The molecule has 3 N–H and O–H groups in total. The second-order valence-corrected chi connectivity index (χ2v) is 13.5. The van der Waals surface area contributed by atoms with Crippen molar-refractivity contribution >= 4 is 15.8 Å². The van der Waals surface area contributed by atoms with Gasteiger partial charge in [0.15, 0.2) is 6.23 Å². The number of fused-ring (bicyclic) bond motifs is 2. The van der Waals surface area contributed by atoms with Crippen molar-refractivity contribution in [2.75, 3.05) is 39.4 Å². The minimum absolute atomic E-state index is 0.0506. The summed E-state index contributed by atoms with van der Waals surface area (Å²) in [4.78, 5) is 16.9. The number of ether oxygens (including phenoxy) is 4. The number of nitrogens with two attached hydrogens (primary N) is 1. The third-order valence-electron chi connectivity index (χ3n) is 8.85. The number of hydrogen-bond donors (Lipinski definition) is 2. The lowest BCUT2D eigenvalue weighted by molar-refractivity contribution is -0.171. The van der Waals surface area contributed by atoms with E-state index < -0.39 is 45.3 Å². The van der Waals surface area contributed by atoms with Crippen LogP contribution in [0.2, 0.25) is 0 Å². The lowest BCUT2D eigenvalue weighted by Crippen LogP contribution is -2.52. The van der Waals surface area contributed by atoms with Gasteiger partial charge in [-0.25, -0.2) is 13.2 Å². The van der Waals surface area contributed by atoms with E-state index in [1.165, 1.54) is 10.8 Å². The highest BCUT2D eigenvalue weighted by Gasteiger charge is 2.67. The van der Waals surface area contributed by atoms with Gasteiger partial charge in [0.25, 0.3) is 0 Å². The normalized spacial score (nSPS) is 23.0. The van der Waals surface area contributed by atoms with Crippen molar-refractivity contribution in [2.24, 2.45) is 0 Å². The van der Waals surface area contributed by atoms with Gasteiger partial charge >= 0.3 is 5.69 Å². The zero-order chi connectivity index (χ0) is 32.9. The summed E-state index contributed by atoms with van der Waals surface area (Å²) >= 11 is 0. The number of morpholine rings is 1. The minimum Gasteiger partial charge on any atom is -0.497 e. The Morgan fingerprint density at radius 3 is 2.04 bits per heavy atom. The maximum Gasteiger partial charge on any atom is 0.351 e. The molecule has 4 atom stereocenters. The van der Waals surface area contributed by atoms with Crippen LogP contribution in [0.25, 0.3) is 0 Å². The van der Waals surface area contributed by atoms with Gasteiger partial charge in [-0.1, -0.05) is 54.6 Å². The van der Waals surface area contributed by atoms with Crippen LogP contribution >= 0.6 is 0 Å². The number of anilines is 1. The summed E-state index contributed by atoms with van der Waals surface area (Å²) in [6.45, 7) is 1.23. The summed E-state index contributed by atoms with van der Waals surface area (Å²) < 4.78 is 52.8. The fourth-order valence-corrected chi connectivity index (χ4v) is 7.55. The number of benzene rings is 3. The maximum atomic E-state index is 13.1. The first-order chi connectivity index (χ1) is 21.9. The molecule has 46 heavy (non-hydrogen) atoms. The SMILES string of the molecule is COc1ccc(C(OC[C@@]23CN(S(C)(=O)=O)[C@@H]([C@H](n4cc(C)c(N)nc4=O)O2)[C@@H]3O)(c2ccccc2)c2ccc(OC)cc2)cc1. The molecule has 2 saturated heterocycles. The highest BCUT2D eigenvalue weighted by Crippen LogP contribution is 2.50. The molecule has 1 aromatic heterocycles. The summed E-state index contributed by atoms with van der Waals surface area (Å²) in [5, 5.41) is 11.8. The van der Waals surface area contributed by atoms with Gasteiger partial charge in [-0.05, 0) is 47.9 Å². The second kappa shape index (κ2) is 11.8. The lowest BCUT2D eigenvalue weighted by Gasteiger charge is -2.41. The smallest absolute Gasteiger partial charge is 0.351 e. The van der Waals surface area contributed by atoms with E-state index in [-0.39, 0.29) is 19.0 Å². The van der Waals surface area contributed by atoms with Gasteiger partial charge < -0.3 is 29.8 Å². The highest BCUT2D eigenvalue weighted by atomic mass is 32.2. The van der Waals surface area contributed by atoms with Crippen LogP contribution in [0.3, 0.4) is 0 Å². The van der Waals surface area contributed by atoms with Crippen molar-refractivity contribution in [1.82, 2.24) is 13.9 Å². The topological polar surface area (TPSA) is 155 Å². The number of rotatable bonds is 10. The van der Waals surface area contributed by atoms with Crippen LogP contribution in [0, 0.1) is 6.92 Å². The largest absolute Gasteiger partial charge is 0.497 e. The molecule has 12 nitrogen and oxygen atoms in total. The average Bonchev–Trinajstić information content (AvgIpc) is 3.50. The molecule has 13 heteroatoms. The molecular weight excluding hydrogens is 612 g/mol. The molecule has 2 aliphatic rings. The van der Waals surface area contributed by atoms with Gasteiger partial charge in [-0.3, -0.25) is 4.57 Å². The number of aryl methyl sites for hydroxylation is 1. The molecular formula is C33H36N4O8S. The fourth-order valence-electron chi connectivity index (χ4n) is 6.44. The van der Waals surface area contributed by atoms with Crippen molar-refractivity contribution in [3.05, 3.63) is 118 Å². The van der Waals surface area contributed by atoms with E-state index in [0.29, 0.717) is 17.1 Å². The van der Waals surface area contributed by atoms with E-state index in [0.717, 1.165) is 27.3 Å². The van der Waals surface area contributed by atoms with Crippen LogP contribution in [0.4, 0.5) is 5.82 Å². The van der Waals surface area contributed by atoms with Gasteiger partial charge in [0.2, 0.25) is 10.0 Å². The van der Waals surface area contributed by atoms with Crippen molar-refractivity contribution in [1.29, 1.82) is 0 Å². The fraction of sp³-hybridized carbons (Fsp3) is 0.333. The first kappa shape index (κ1) is 31.7. The molecule has 2 fully saturated rings. The lowest BCUT2D eigenvalue weighted by atomic mass is 9.79. The molecule has 0 amide bonds. The van der Waals surface area contributed by atoms with Crippen LogP contribution in [-0.4, -0.2) is 78.8 Å². The Labute approximate surface area is 267 Å². The Bertz CT molecular complexity index is 1840. The van der Waals surface area contributed by atoms with Crippen molar-refractivity contribution in [2.45, 2.75) is 36.5 Å². The molecule has 0 spiro atoms. The molecule has 0 radical (unpaired) electrons. The first-order valence-corrected chi connectivity index (χ1v) is 16.4.